The van der Waals surface area contributed by atoms with Crippen LogP contribution in [-0.2, 0) is 14.8 Å². The van der Waals surface area contributed by atoms with E-state index in [1.54, 1.807) is 19.1 Å². The molecule has 2 aromatic carbocycles. The molecule has 0 aliphatic carbocycles. The maximum Gasteiger partial charge on any atom is 0.338 e. The Kier molecular flexibility index (Phi) is 5.43. The lowest BCUT2D eigenvalue weighted by Crippen LogP contribution is -2.40. The van der Waals surface area contributed by atoms with Gasteiger partial charge in [-0.15, -0.1) is 0 Å². The third kappa shape index (κ3) is 4.14. The number of fused-ring (bicyclic) bond motifs is 1. The van der Waals surface area contributed by atoms with Crippen molar-refractivity contribution >= 4 is 16.0 Å². The highest BCUT2D eigenvalue weighted by Crippen LogP contribution is 2.30. The monoisotopic (exact) mass is 377 g/mol. The minimum Gasteiger partial charge on any atom is -0.486 e. The van der Waals surface area contributed by atoms with Crippen molar-refractivity contribution in [2.24, 2.45) is 0 Å². The number of rotatable bonds is 6. The highest BCUT2D eigenvalue weighted by Gasteiger charge is 2.23. The topological polar surface area (TPSA) is 90.9 Å². The molecule has 1 unspecified atom stereocenters. The second-order valence-corrected chi connectivity index (χ2v) is 7.36. The molecule has 0 bridgehead atoms. The summed E-state index contributed by atoms with van der Waals surface area (Å²) in [5.41, 5.74) is 0.298. The van der Waals surface area contributed by atoms with E-state index in [1.165, 1.54) is 24.3 Å². The molecule has 0 fully saturated rings. The first-order valence-corrected chi connectivity index (χ1v) is 9.63. The summed E-state index contributed by atoms with van der Waals surface area (Å²) in [6.07, 6.45) is -0.432. The van der Waals surface area contributed by atoms with Crippen LogP contribution in [0.3, 0.4) is 0 Å². The summed E-state index contributed by atoms with van der Waals surface area (Å²) in [6.45, 7) is 2.28. The molecule has 0 radical (unpaired) electrons. The van der Waals surface area contributed by atoms with Crippen molar-refractivity contribution in [3.8, 4) is 11.5 Å². The van der Waals surface area contributed by atoms with E-state index in [0.717, 1.165) is 0 Å². The normalized spacial score (nSPS) is 16.1. The van der Waals surface area contributed by atoms with E-state index in [2.05, 4.69) is 4.72 Å². The maximum absolute atomic E-state index is 12.4. The zero-order valence-electron chi connectivity index (χ0n) is 14.2. The molecule has 8 heteroatoms. The second-order valence-electron chi connectivity index (χ2n) is 5.59. The zero-order chi connectivity index (χ0) is 18.6. The average Bonchev–Trinajstić information content (AvgIpc) is 2.66. The summed E-state index contributed by atoms with van der Waals surface area (Å²) in [7, 11) is -3.73. The van der Waals surface area contributed by atoms with Gasteiger partial charge in [-0.3, -0.25) is 0 Å². The van der Waals surface area contributed by atoms with Crippen LogP contribution in [0.5, 0.6) is 11.5 Å². The van der Waals surface area contributed by atoms with E-state index in [1.807, 2.05) is 12.1 Å². The molecular formula is C18H19NO6S. The van der Waals surface area contributed by atoms with Gasteiger partial charge in [0, 0.05) is 0 Å². The van der Waals surface area contributed by atoms with Crippen LogP contribution in [-0.4, -0.2) is 40.2 Å². The molecule has 0 saturated carbocycles. The van der Waals surface area contributed by atoms with Crippen LogP contribution in [0.4, 0.5) is 0 Å². The fourth-order valence-corrected chi connectivity index (χ4v) is 3.50. The van der Waals surface area contributed by atoms with Gasteiger partial charge < -0.3 is 14.2 Å². The number of benzene rings is 2. The lowest BCUT2D eigenvalue weighted by molar-refractivity contribution is 0.0526. The van der Waals surface area contributed by atoms with Crippen LogP contribution in [0.1, 0.15) is 17.3 Å². The first kappa shape index (κ1) is 18.2. The van der Waals surface area contributed by atoms with Crippen molar-refractivity contribution in [1.82, 2.24) is 4.72 Å². The lowest BCUT2D eigenvalue weighted by atomic mass is 10.2. The smallest absolute Gasteiger partial charge is 0.338 e. The molecule has 1 aliphatic rings. The van der Waals surface area contributed by atoms with E-state index in [-0.39, 0.29) is 24.7 Å². The molecule has 0 spiro atoms. The van der Waals surface area contributed by atoms with E-state index in [9.17, 15) is 13.2 Å². The van der Waals surface area contributed by atoms with Gasteiger partial charge in [0.2, 0.25) is 10.0 Å². The number of carbonyl (C=O) groups excluding carboxylic acids is 1. The van der Waals surface area contributed by atoms with E-state index in [4.69, 9.17) is 14.2 Å². The van der Waals surface area contributed by atoms with Crippen LogP contribution in [0.15, 0.2) is 53.4 Å². The molecule has 1 atom stereocenters. The summed E-state index contributed by atoms with van der Waals surface area (Å²) in [5, 5.41) is 0. The minimum absolute atomic E-state index is 0.0580. The van der Waals surface area contributed by atoms with E-state index in [0.29, 0.717) is 17.1 Å². The number of sulfonamides is 1. The quantitative estimate of drug-likeness (QED) is 0.774. The Morgan fingerprint density at radius 1 is 1.15 bits per heavy atom. The molecule has 0 amide bonds. The van der Waals surface area contributed by atoms with Gasteiger partial charge in [-0.2, -0.15) is 0 Å². The minimum atomic E-state index is -3.73. The summed E-state index contributed by atoms with van der Waals surface area (Å²) in [4.78, 5) is 11.7. The predicted octanol–water partition coefficient (Wildman–Crippen LogP) is 1.98. The van der Waals surface area contributed by atoms with Gasteiger partial charge in [-0.25, -0.2) is 17.9 Å². The molecule has 3 rings (SSSR count). The Bertz CT molecular complexity index is 879. The van der Waals surface area contributed by atoms with E-state index >= 15 is 0 Å². The molecule has 26 heavy (non-hydrogen) atoms. The van der Waals surface area contributed by atoms with Gasteiger partial charge in [-0.05, 0) is 43.3 Å². The Morgan fingerprint density at radius 2 is 1.85 bits per heavy atom. The number of ether oxygens (including phenoxy) is 3. The van der Waals surface area contributed by atoms with Crippen LogP contribution < -0.4 is 14.2 Å². The van der Waals surface area contributed by atoms with Gasteiger partial charge in [0.15, 0.2) is 11.5 Å². The second kappa shape index (κ2) is 7.76. The highest BCUT2D eigenvalue weighted by molar-refractivity contribution is 7.89. The highest BCUT2D eigenvalue weighted by atomic mass is 32.2. The zero-order valence-corrected chi connectivity index (χ0v) is 15.0. The Balaban J connectivity index is 1.62. The fourth-order valence-electron chi connectivity index (χ4n) is 2.43. The molecule has 1 heterocycles. The Hall–Kier alpha value is -2.58. The molecular weight excluding hydrogens is 358 g/mol. The number of carbonyl (C=O) groups is 1. The molecule has 2 aromatic rings. The Labute approximate surface area is 151 Å². The van der Waals surface area contributed by atoms with Gasteiger partial charge in [-0.1, -0.05) is 12.1 Å². The van der Waals surface area contributed by atoms with Crippen LogP contribution in [0.2, 0.25) is 0 Å². The number of esters is 1. The summed E-state index contributed by atoms with van der Waals surface area (Å²) in [5.74, 6) is 0.735. The van der Waals surface area contributed by atoms with Crippen molar-refractivity contribution in [3.63, 3.8) is 0 Å². The van der Waals surface area contributed by atoms with Crippen molar-refractivity contribution in [3.05, 3.63) is 54.1 Å². The Morgan fingerprint density at radius 3 is 2.54 bits per heavy atom. The van der Waals surface area contributed by atoms with Gasteiger partial charge in [0.05, 0.1) is 23.6 Å². The predicted molar refractivity (Wildman–Crippen MR) is 93.9 cm³/mol. The SMILES string of the molecule is CCOC(=O)c1ccc(S(=O)(=O)NCC2COc3ccccc3O2)cc1. The maximum atomic E-state index is 12.4. The van der Waals surface area contributed by atoms with E-state index < -0.39 is 22.1 Å². The largest absolute Gasteiger partial charge is 0.486 e. The van der Waals surface area contributed by atoms with Gasteiger partial charge in [0.1, 0.15) is 12.7 Å². The molecule has 7 nitrogen and oxygen atoms in total. The molecule has 0 aromatic heterocycles. The molecule has 1 N–H and O–H groups in total. The van der Waals surface area contributed by atoms with Crippen LogP contribution in [0, 0.1) is 0 Å². The van der Waals surface area contributed by atoms with Crippen molar-refractivity contribution in [2.45, 2.75) is 17.9 Å². The standard InChI is InChI=1S/C18H19NO6S/c1-2-23-18(20)13-7-9-15(10-8-13)26(21,22)19-11-14-12-24-16-5-3-4-6-17(16)25-14/h3-10,14,19H,2,11-12H2,1H3. The summed E-state index contributed by atoms with van der Waals surface area (Å²) < 4.78 is 43.5. The number of hydrogen-bond donors (Lipinski definition) is 1. The number of para-hydroxylation sites is 2. The summed E-state index contributed by atoms with van der Waals surface area (Å²) in [6, 6.07) is 12.8. The van der Waals surface area contributed by atoms with Crippen LogP contribution in [0.25, 0.3) is 0 Å². The number of hydrogen-bond acceptors (Lipinski definition) is 6. The summed E-state index contributed by atoms with van der Waals surface area (Å²) >= 11 is 0. The third-order valence-electron chi connectivity index (χ3n) is 3.74. The first-order chi connectivity index (χ1) is 12.5. The number of nitrogens with one attached hydrogen (secondary N) is 1. The van der Waals surface area contributed by atoms with Gasteiger partial charge >= 0.3 is 5.97 Å². The fraction of sp³-hybridized carbons (Fsp3) is 0.278. The van der Waals surface area contributed by atoms with Crippen LogP contribution >= 0.6 is 0 Å². The van der Waals surface area contributed by atoms with Gasteiger partial charge in [0.25, 0.3) is 0 Å². The van der Waals surface area contributed by atoms with Crippen molar-refractivity contribution in [1.29, 1.82) is 0 Å². The molecule has 0 saturated heterocycles. The molecule has 1 aliphatic heterocycles. The van der Waals surface area contributed by atoms with Crippen molar-refractivity contribution < 1.29 is 27.4 Å². The lowest BCUT2D eigenvalue weighted by Gasteiger charge is -2.26. The first-order valence-electron chi connectivity index (χ1n) is 8.15. The molecule has 138 valence electrons. The van der Waals surface area contributed by atoms with Crippen molar-refractivity contribution in [2.75, 3.05) is 19.8 Å². The average molecular weight is 377 g/mol. The third-order valence-corrected chi connectivity index (χ3v) is 5.18.